The molecular formula is C13H26O4. The van der Waals surface area contributed by atoms with Gasteiger partial charge in [-0.3, -0.25) is 4.89 Å². The molecule has 0 N–H and O–H groups in total. The third-order valence-electron chi connectivity index (χ3n) is 2.01. The molecule has 0 spiro atoms. The molecule has 102 valence electrons. The van der Waals surface area contributed by atoms with Gasteiger partial charge in [-0.1, -0.05) is 34.1 Å². The van der Waals surface area contributed by atoms with Gasteiger partial charge in [-0.15, -0.1) is 0 Å². The van der Waals surface area contributed by atoms with E-state index >= 15 is 0 Å². The van der Waals surface area contributed by atoms with E-state index in [1.165, 1.54) is 0 Å². The second-order valence-electron chi connectivity index (χ2n) is 6.12. The van der Waals surface area contributed by atoms with Gasteiger partial charge in [0.15, 0.2) is 0 Å². The van der Waals surface area contributed by atoms with Crippen molar-refractivity contribution in [3.05, 3.63) is 0 Å². The summed E-state index contributed by atoms with van der Waals surface area (Å²) < 4.78 is 4.82. The van der Waals surface area contributed by atoms with Gasteiger partial charge in [0.1, 0.15) is 5.60 Å². The van der Waals surface area contributed by atoms with E-state index in [0.717, 1.165) is 19.3 Å². The zero-order valence-corrected chi connectivity index (χ0v) is 12.0. The van der Waals surface area contributed by atoms with Gasteiger partial charge in [0.25, 0.3) is 0 Å². The largest absolute Gasteiger partial charge is 0.540 e. The fourth-order valence-electron chi connectivity index (χ4n) is 1.78. The van der Waals surface area contributed by atoms with E-state index in [0.29, 0.717) is 6.61 Å². The van der Waals surface area contributed by atoms with Crippen LogP contribution in [0.25, 0.3) is 0 Å². The summed E-state index contributed by atoms with van der Waals surface area (Å²) in [6, 6.07) is 0. The highest BCUT2D eigenvalue weighted by Crippen LogP contribution is 2.29. The monoisotopic (exact) mass is 246 g/mol. The molecule has 0 aromatic rings. The molecule has 0 saturated heterocycles. The van der Waals surface area contributed by atoms with Crippen LogP contribution in [0.1, 0.15) is 60.8 Å². The van der Waals surface area contributed by atoms with Crippen LogP contribution in [-0.2, 0) is 14.5 Å². The van der Waals surface area contributed by atoms with E-state index < -0.39 is 11.8 Å². The molecule has 0 fully saturated rings. The van der Waals surface area contributed by atoms with Gasteiger partial charge in [-0.2, -0.15) is 4.89 Å². The van der Waals surface area contributed by atoms with Crippen molar-refractivity contribution in [1.82, 2.24) is 0 Å². The Morgan fingerprint density at radius 2 is 1.71 bits per heavy atom. The topological polar surface area (TPSA) is 44.8 Å². The average Bonchev–Trinajstić information content (AvgIpc) is 2.12. The minimum Gasteiger partial charge on any atom is -0.432 e. The molecule has 17 heavy (non-hydrogen) atoms. The van der Waals surface area contributed by atoms with Crippen LogP contribution in [0, 0.1) is 5.41 Å². The molecule has 0 atom stereocenters. The molecule has 0 radical (unpaired) electrons. The quantitative estimate of drug-likeness (QED) is 0.306. The Balaban J connectivity index is 3.88. The summed E-state index contributed by atoms with van der Waals surface area (Å²) in [5.41, 5.74) is -0.402. The summed E-state index contributed by atoms with van der Waals surface area (Å²) in [5.74, 6) is 0. The van der Waals surface area contributed by atoms with E-state index in [4.69, 9.17) is 9.62 Å². The first-order valence-electron chi connectivity index (χ1n) is 6.19. The molecule has 0 saturated carbocycles. The fourth-order valence-corrected chi connectivity index (χ4v) is 1.78. The maximum Gasteiger partial charge on any atom is 0.540 e. The lowest BCUT2D eigenvalue weighted by Crippen LogP contribution is -2.31. The number of carbonyl (C=O) groups excluding carboxylic acids is 1. The van der Waals surface area contributed by atoms with Crippen molar-refractivity contribution in [2.24, 2.45) is 5.41 Å². The van der Waals surface area contributed by atoms with Crippen LogP contribution >= 0.6 is 0 Å². The molecule has 0 rings (SSSR count). The van der Waals surface area contributed by atoms with Crippen molar-refractivity contribution >= 4 is 6.16 Å². The van der Waals surface area contributed by atoms with Crippen molar-refractivity contribution in [2.75, 3.05) is 6.61 Å². The van der Waals surface area contributed by atoms with Gasteiger partial charge in [0.05, 0.1) is 6.61 Å². The molecule has 0 aromatic carbocycles. The van der Waals surface area contributed by atoms with Gasteiger partial charge in [-0.25, -0.2) is 4.79 Å². The average molecular weight is 246 g/mol. The van der Waals surface area contributed by atoms with Crippen molar-refractivity contribution in [1.29, 1.82) is 0 Å². The second kappa shape index (κ2) is 6.84. The SMILES string of the molecule is CCCCOC(=O)OOC(C)(C)CC(C)(C)C. The minimum atomic E-state index is -0.763. The van der Waals surface area contributed by atoms with Crippen LogP contribution in [0.15, 0.2) is 0 Å². The first-order chi connectivity index (χ1) is 7.66. The lowest BCUT2D eigenvalue weighted by molar-refractivity contribution is -0.322. The number of rotatable bonds is 6. The second-order valence-corrected chi connectivity index (χ2v) is 6.12. The third-order valence-corrected chi connectivity index (χ3v) is 2.01. The Bertz CT molecular complexity index is 228. The minimum absolute atomic E-state index is 0.110. The molecule has 0 heterocycles. The highest BCUT2D eigenvalue weighted by molar-refractivity contribution is 5.58. The highest BCUT2D eigenvalue weighted by Gasteiger charge is 2.29. The summed E-state index contributed by atoms with van der Waals surface area (Å²) in [4.78, 5) is 20.9. The Morgan fingerprint density at radius 1 is 1.12 bits per heavy atom. The van der Waals surface area contributed by atoms with Crippen molar-refractivity contribution < 1.29 is 19.3 Å². The fraction of sp³-hybridized carbons (Fsp3) is 0.923. The van der Waals surface area contributed by atoms with E-state index in [9.17, 15) is 4.79 Å². The Labute approximate surface area is 105 Å². The molecule has 0 aliphatic carbocycles. The van der Waals surface area contributed by atoms with Crippen LogP contribution in [0.5, 0.6) is 0 Å². The standard InChI is InChI=1S/C13H26O4/c1-7-8-9-15-11(14)16-17-13(5,6)10-12(2,3)4/h7-10H2,1-6H3. The normalized spacial score (nSPS) is 12.4. The van der Waals surface area contributed by atoms with E-state index in [2.05, 4.69) is 25.7 Å². The summed E-state index contributed by atoms with van der Waals surface area (Å²) in [6.45, 7) is 12.5. The van der Waals surface area contributed by atoms with E-state index in [-0.39, 0.29) is 5.41 Å². The Hall–Kier alpha value is -0.770. The van der Waals surface area contributed by atoms with Gasteiger partial charge in [0, 0.05) is 0 Å². The van der Waals surface area contributed by atoms with E-state index in [1.54, 1.807) is 0 Å². The Morgan fingerprint density at radius 3 is 2.18 bits per heavy atom. The van der Waals surface area contributed by atoms with Crippen molar-refractivity contribution in [3.63, 3.8) is 0 Å². The molecule has 0 aromatic heterocycles. The zero-order valence-electron chi connectivity index (χ0n) is 12.0. The number of hydrogen-bond donors (Lipinski definition) is 0. The summed E-state index contributed by atoms with van der Waals surface area (Å²) >= 11 is 0. The molecule has 4 nitrogen and oxygen atoms in total. The Kier molecular flexibility index (Phi) is 6.53. The molecule has 0 unspecified atom stereocenters. The van der Waals surface area contributed by atoms with Gasteiger partial charge < -0.3 is 4.74 Å². The predicted octanol–water partition coefficient (Wildman–Crippen LogP) is 4.09. The maximum atomic E-state index is 11.2. The van der Waals surface area contributed by atoms with Crippen LogP contribution in [-0.4, -0.2) is 18.4 Å². The van der Waals surface area contributed by atoms with Crippen LogP contribution < -0.4 is 0 Å². The zero-order chi connectivity index (χ0) is 13.5. The number of carbonyl (C=O) groups is 1. The lowest BCUT2D eigenvalue weighted by Gasteiger charge is -2.30. The molecular weight excluding hydrogens is 220 g/mol. The first kappa shape index (κ1) is 16.2. The van der Waals surface area contributed by atoms with Gasteiger partial charge in [0.2, 0.25) is 0 Å². The third kappa shape index (κ3) is 10.1. The molecule has 0 bridgehead atoms. The van der Waals surface area contributed by atoms with Crippen molar-refractivity contribution in [2.45, 2.75) is 66.4 Å². The van der Waals surface area contributed by atoms with E-state index in [1.807, 2.05) is 20.8 Å². The maximum absolute atomic E-state index is 11.2. The lowest BCUT2D eigenvalue weighted by atomic mass is 9.84. The number of hydrogen-bond acceptors (Lipinski definition) is 4. The molecule has 0 amide bonds. The molecule has 0 aliphatic heterocycles. The number of ether oxygens (including phenoxy) is 1. The molecule has 0 aliphatic rings. The van der Waals surface area contributed by atoms with Crippen LogP contribution in [0.2, 0.25) is 0 Å². The summed E-state index contributed by atoms with van der Waals surface area (Å²) in [6.07, 6.45) is 1.83. The van der Waals surface area contributed by atoms with Gasteiger partial charge in [-0.05, 0) is 32.1 Å². The molecule has 4 heteroatoms. The number of unbranched alkanes of at least 4 members (excludes halogenated alkanes) is 1. The van der Waals surface area contributed by atoms with Gasteiger partial charge >= 0.3 is 6.16 Å². The first-order valence-corrected chi connectivity index (χ1v) is 6.19. The summed E-state index contributed by atoms with van der Waals surface area (Å²) in [7, 11) is 0. The smallest absolute Gasteiger partial charge is 0.432 e. The summed E-state index contributed by atoms with van der Waals surface area (Å²) in [5, 5.41) is 0. The predicted molar refractivity (Wildman–Crippen MR) is 66.6 cm³/mol. The van der Waals surface area contributed by atoms with Crippen LogP contribution in [0.4, 0.5) is 4.79 Å². The van der Waals surface area contributed by atoms with Crippen LogP contribution in [0.3, 0.4) is 0 Å². The van der Waals surface area contributed by atoms with Crippen molar-refractivity contribution in [3.8, 4) is 0 Å². The highest BCUT2D eigenvalue weighted by atomic mass is 17.2.